The Morgan fingerprint density at radius 3 is 2.64 bits per heavy atom. The van der Waals surface area contributed by atoms with Gasteiger partial charge >= 0.3 is 5.97 Å². The van der Waals surface area contributed by atoms with Crippen LogP contribution in [0, 0.1) is 0 Å². The third-order valence-corrected chi connectivity index (χ3v) is 5.76. The molecule has 1 saturated heterocycles. The van der Waals surface area contributed by atoms with Gasteiger partial charge in [0.05, 0.1) is 12.2 Å². The molecule has 146 valence electrons. The van der Waals surface area contributed by atoms with E-state index in [1.165, 1.54) is 30.5 Å². The van der Waals surface area contributed by atoms with Crippen LogP contribution in [-0.2, 0) is 12.8 Å². The summed E-state index contributed by atoms with van der Waals surface area (Å²) in [7, 11) is 0. The summed E-state index contributed by atoms with van der Waals surface area (Å²) in [5, 5.41) is 8.68. The summed E-state index contributed by atoms with van der Waals surface area (Å²) >= 11 is 0. The second kappa shape index (κ2) is 7.64. The summed E-state index contributed by atoms with van der Waals surface area (Å²) in [6, 6.07) is 11.4. The number of ether oxygens (including phenoxy) is 1. The molecule has 1 fully saturated rings. The molecule has 0 saturated carbocycles. The highest BCUT2D eigenvalue weighted by molar-refractivity contribution is 5.93. The Balaban J connectivity index is 0.000000143. The zero-order valence-electron chi connectivity index (χ0n) is 15.7. The van der Waals surface area contributed by atoms with Crippen LogP contribution in [0.15, 0.2) is 36.4 Å². The van der Waals surface area contributed by atoms with E-state index in [1.54, 1.807) is 18.2 Å². The predicted molar refractivity (Wildman–Crippen MR) is 105 cm³/mol. The van der Waals surface area contributed by atoms with E-state index in [1.807, 2.05) is 12.1 Å². The Labute approximate surface area is 163 Å². The standard InChI is InChI=1S/C13H16N2O.C9H8O3/c14-13(16)10-4-3-9-5-7-15-6-1-2-12(15)11(9)8-10;10-9(11)7-1-2-8-6(5-7)3-4-12-8/h3-4,8,12H,1-2,5-7H2,(H2,14,16);1-2,5H,3-4H2,(H,10,11). The Hall–Kier alpha value is -2.86. The lowest BCUT2D eigenvalue weighted by molar-refractivity contribution is 0.0696. The summed E-state index contributed by atoms with van der Waals surface area (Å²) in [5.74, 6) is -0.386. The van der Waals surface area contributed by atoms with Gasteiger partial charge in [0, 0.05) is 24.6 Å². The van der Waals surface area contributed by atoms with Crippen LogP contribution >= 0.6 is 0 Å². The molecule has 28 heavy (non-hydrogen) atoms. The van der Waals surface area contributed by atoms with Gasteiger partial charge in [-0.1, -0.05) is 6.07 Å². The fourth-order valence-electron chi connectivity index (χ4n) is 4.32. The average Bonchev–Trinajstić information content (AvgIpc) is 3.36. The van der Waals surface area contributed by atoms with Crippen LogP contribution in [-0.4, -0.2) is 41.6 Å². The van der Waals surface area contributed by atoms with Crippen molar-refractivity contribution in [2.45, 2.75) is 31.7 Å². The van der Waals surface area contributed by atoms with Crippen LogP contribution in [0.5, 0.6) is 5.75 Å². The Bertz CT molecular complexity index is 925. The number of carboxylic acid groups (broad SMARTS) is 1. The number of carboxylic acids is 1. The topological polar surface area (TPSA) is 92.9 Å². The SMILES string of the molecule is NC(=O)c1ccc2c(c1)C1CCCN1CC2.O=C(O)c1ccc2c(c1)CCO2. The van der Waals surface area contributed by atoms with Gasteiger partial charge in [-0.05, 0) is 72.8 Å². The highest BCUT2D eigenvalue weighted by atomic mass is 16.5. The molecule has 0 spiro atoms. The molecule has 0 radical (unpaired) electrons. The lowest BCUT2D eigenvalue weighted by atomic mass is 9.91. The molecule has 1 atom stereocenters. The predicted octanol–water partition coefficient (Wildman–Crippen LogP) is 2.80. The average molecular weight is 380 g/mol. The molecule has 0 aromatic heterocycles. The van der Waals surface area contributed by atoms with E-state index in [0.29, 0.717) is 23.8 Å². The Morgan fingerprint density at radius 1 is 1.04 bits per heavy atom. The van der Waals surface area contributed by atoms with Gasteiger partial charge in [-0.3, -0.25) is 9.69 Å². The molecule has 1 unspecified atom stereocenters. The van der Waals surface area contributed by atoms with E-state index in [-0.39, 0.29) is 5.91 Å². The molecule has 5 rings (SSSR count). The van der Waals surface area contributed by atoms with Crippen molar-refractivity contribution in [1.29, 1.82) is 0 Å². The van der Waals surface area contributed by atoms with Crippen molar-refractivity contribution < 1.29 is 19.4 Å². The van der Waals surface area contributed by atoms with Crippen molar-refractivity contribution in [3.63, 3.8) is 0 Å². The number of nitrogens with two attached hydrogens (primary N) is 1. The van der Waals surface area contributed by atoms with E-state index < -0.39 is 5.97 Å². The molecule has 0 aliphatic carbocycles. The molecular formula is C22H24N2O4. The quantitative estimate of drug-likeness (QED) is 0.836. The molecule has 3 N–H and O–H groups in total. The lowest BCUT2D eigenvalue weighted by Gasteiger charge is -2.32. The maximum atomic E-state index is 11.2. The number of aromatic carboxylic acids is 1. The van der Waals surface area contributed by atoms with Crippen molar-refractivity contribution in [1.82, 2.24) is 4.90 Å². The summed E-state index contributed by atoms with van der Waals surface area (Å²) in [6.45, 7) is 3.02. The van der Waals surface area contributed by atoms with Crippen molar-refractivity contribution in [2.75, 3.05) is 19.7 Å². The minimum atomic E-state index is -0.885. The first kappa shape index (κ1) is 18.5. The highest BCUT2D eigenvalue weighted by Gasteiger charge is 2.31. The van der Waals surface area contributed by atoms with Gasteiger partial charge in [0.15, 0.2) is 0 Å². The Kier molecular flexibility index (Phi) is 5.05. The minimum Gasteiger partial charge on any atom is -0.493 e. The monoisotopic (exact) mass is 380 g/mol. The third-order valence-electron chi connectivity index (χ3n) is 5.76. The molecule has 6 heteroatoms. The zero-order valence-corrected chi connectivity index (χ0v) is 15.7. The first-order valence-corrected chi connectivity index (χ1v) is 9.68. The van der Waals surface area contributed by atoms with Crippen LogP contribution in [0.25, 0.3) is 0 Å². The lowest BCUT2D eigenvalue weighted by Crippen LogP contribution is -2.31. The van der Waals surface area contributed by atoms with Crippen molar-refractivity contribution >= 4 is 11.9 Å². The van der Waals surface area contributed by atoms with Gasteiger partial charge < -0.3 is 15.6 Å². The molecular weight excluding hydrogens is 356 g/mol. The number of carbonyl (C=O) groups excluding carboxylic acids is 1. The largest absolute Gasteiger partial charge is 0.493 e. The van der Waals surface area contributed by atoms with Gasteiger partial charge in [-0.25, -0.2) is 4.79 Å². The fraction of sp³-hybridized carbons (Fsp3) is 0.364. The van der Waals surface area contributed by atoms with E-state index >= 15 is 0 Å². The number of hydrogen-bond acceptors (Lipinski definition) is 4. The smallest absolute Gasteiger partial charge is 0.335 e. The number of fused-ring (bicyclic) bond motifs is 4. The van der Waals surface area contributed by atoms with Gasteiger partial charge in [-0.2, -0.15) is 0 Å². The van der Waals surface area contributed by atoms with Gasteiger partial charge in [0.25, 0.3) is 0 Å². The molecule has 3 aliphatic heterocycles. The van der Waals surface area contributed by atoms with Crippen molar-refractivity contribution in [3.8, 4) is 5.75 Å². The van der Waals surface area contributed by atoms with E-state index in [4.69, 9.17) is 15.6 Å². The molecule has 0 bridgehead atoms. The van der Waals surface area contributed by atoms with E-state index in [2.05, 4.69) is 11.0 Å². The zero-order chi connectivity index (χ0) is 19.7. The van der Waals surface area contributed by atoms with Crippen molar-refractivity contribution in [2.24, 2.45) is 5.73 Å². The third kappa shape index (κ3) is 3.60. The number of carbonyl (C=O) groups is 2. The summed E-state index contributed by atoms with van der Waals surface area (Å²) < 4.78 is 5.24. The van der Waals surface area contributed by atoms with Crippen LogP contribution < -0.4 is 10.5 Å². The second-order valence-corrected chi connectivity index (χ2v) is 7.45. The van der Waals surface area contributed by atoms with Crippen LogP contribution in [0.3, 0.4) is 0 Å². The van der Waals surface area contributed by atoms with Gasteiger partial charge in [-0.15, -0.1) is 0 Å². The fourth-order valence-corrected chi connectivity index (χ4v) is 4.32. The molecule has 2 aromatic carbocycles. The highest BCUT2D eigenvalue weighted by Crippen LogP contribution is 2.37. The number of amides is 1. The molecule has 3 heterocycles. The van der Waals surface area contributed by atoms with Crippen molar-refractivity contribution in [3.05, 3.63) is 64.2 Å². The number of benzene rings is 2. The minimum absolute atomic E-state index is 0.321. The Morgan fingerprint density at radius 2 is 1.86 bits per heavy atom. The summed E-state index contributed by atoms with van der Waals surface area (Å²) in [5.41, 5.74) is 10.0. The molecule has 6 nitrogen and oxygen atoms in total. The number of hydrogen-bond donors (Lipinski definition) is 2. The normalized spacial score (nSPS) is 19.5. The second-order valence-electron chi connectivity index (χ2n) is 7.45. The molecule has 3 aliphatic rings. The molecule has 2 aromatic rings. The molecule has 1 amide bonds. The first-order chi connectivity index (χ1) is 13.5. The van der Waals surface area contributed by atoms with Gasteiger partial charge in [0.2, 0.25) is 5.91 Å². The van der Waals surface area contributed by atoms with E-state index in [0.717, 1.165) is 30.7 Å². The van der Waals surface area contributed by atoms with E-state index in [9.17, 15) is 9.59 Å². The van der Waals surface area contributed by atoms with Crippen LogP contribution in [0.2, 0.25) is 0 Å². The number of rotatable bonds is 2. The summed E-state index contributed by atoms with van der Waals surface area (Å²) in [6.07, 6.45) is 4.40. The maximum Gasteiger partial charge on any atom is 0.335 e. The van der Waals surface area contributed by atoms with Gasteiger partial charge in [0.1, 0.15) is 5.75 Å². The maximum absolute atomic E-state index is 11.2. The summed E-state index contributed by atoms with van der Waals surface area (Å²) in [4.78, 5) is 24.3. The first-order valence-electron chi connectivity index (χ1n) is 9.68. The number of primary amides is 1. The van der Waals surface area contributed by atoms with Crippen LogP contribution in [0.1, 0.15) is 56.3 Å². The van der Waals surface area contributed by atoms with Crippen LogP contribution in [0.4, 0.5) is 0 Å². The number of nitrogens with zero attached hydrogens (tertiary/aromatic N) is 1.